The molecule has 0 aliphatic rings. The summed E-state index contributed by atoms with van der Waals surface area (Å²) in [4.78, 5) is 0. The lowest BCUT2D eigenvalue weighted by molar-refractivity contribution is 0.109. The maximum Gasteiger partial charge on any atom is 0.134 e. The molecule has 0 aliphatic carbocycles. The van der Waals surface area contributed by atoms with Gasteiger partial charge in [0.2, 0.25) is 0 Å². The first-order valence-corrected chi connectivity index (χ1v) is 6.05. The van der Waals surface area contributed by atoms with Gasteiger partial charge in [0, 0.05) is 16.9 Å². The van der Waals surface area contributed by atoms with Crippen LogP contribution in [0, 0.1) is 12.8 Å². The normalized spacial score (nSPS) is 15.1. The molecule has 92 valence electrons. The number of furan rings is 1. The van der Waals surface area contributed by atoms with E-state index in [1.54, 1.807) is 0 Å². The summed E-state index contributed by atoms with van der Waals surface area (Å²) in [5, 5.41) is 11.4. The predicted molar refractivity (Wildman–Crippen MR) is 68.7 cm³/mol. The van der Waals surface area contributed by atoms with Gasteiger partial charge in [0.05, 0.1) is 6.10 Å². The number of rotatable bonds is 4. The quantitative estimate of drug-likeness (QED) is 0.853. The Morgan fingerprint density at radius 3 is 2.71 bits per heavy atom. The van der Waals surface area contributed by atoms with E-state index in [2.05, 4.69) is 0 Å². The summed E-state index contributed by atoms with van der Waals surface area (Å²) in [7, 11) is 0. The van der Waals surface area contributed by atoms with Crippen molar-refractivity contribution in [1.29, 1.82) is 0 Å². The van der Waals surface area contributed by atoms with Crippen molar-refractivity contribution in [2.75, 3.05) is 6.54 Å². The Balaban J connectivity index is 2.50. The van der Waals surface area contributed by atoms with Crippen LogP contribution in [0.25, 0.3) is 11.0 Å². The molecule has 3 nitrogen and oxygen atoms in total. The number of fused-ring (bicyclic) bond motifs is 1. The van der Waals surface area contributed by atoms with Crippen LogP contribution in [0.4, 0.5) is 0 Å². The van der Waals surface area contributed by atoms with Crippen LogP contribution in [0.2, 0.25) is 0 Å². The van der Waals surface area contributed by atoms with Gasteiger partial charge in [-0.15, -0.1) is 0 Å². The van der Waals surface area contributed by atoms with Gasteiger partial charge in [-0.3, -0.25) is 0 Å². The maximum absolute atomic E-state index is 10.4. The molecular weight excluding hydrogens is 214 g/mol. The summed E-state index contributed by atoms with van der Waals surface area (Å²) in [5.74, 6) is 0.861. The fourth-order valence-corrected chi connectivity index (χ4v) is 2.31. The Morgan fingerprint density at radius 2 is 2.06 bits per heavy atom. The summed E-state index contributed by atoms with van der Waals surface area (Å²) in [5.41, 5.74) is 7.41. The van der Waals surface area contributed by atoms with Crippen LogP contribution in [0.15, 0.2) is 28.7 Å². The average Bonchev–Trinajstić information content (AvgIpc) is 2.66. The molecule has 2 aromatic rings. The molecule has 1 aromatic heterocycles. The molecule has 0 radical (unpaired) electrons. The third kappa shape index (κ3) is 2.08. The lowest BCUT2D eigenvalue weighted by Gasteiger charge is -2.19. The third-order valence-electron chi connectivity index (χ3n) is 3.39. The van der Waals surface area contributed by atoms with Crippen LogP contribution in [0.1, 0.15) is 30.8 Å². The molecule has 2 rings (SSSR count). The number of para-hydroxylation sites is 1. The molecule has 2 atom stereocenters. The van der Waals surface area contributed by atoms with Gasteiger partial charge in [-0.05, 0) is 26.0 Å². The molecule has 0 bridgehead atoms. The summed E-state index contributed by atoms with van der Waals surface area (Å²) >= 11 is 0. The van der Waals surface area contributed by atoms with Crippen molar-refractivity contribution in [2.45, 2.75) is 26.4 Å². The number of benzene rings is 1. The van der Waals surface area contributed by atoms with E-state index in [0.717, 1.165) is 28.7 Å². The molecule has 3 heteroatoms. The van der Waals surface area contributed by atoms with Gasteiger partial charge in [0.25, 0.3) is 0 Å². The Morgan fingerprint density at radius 1 is 1.35 bits per heavy atom. The Bertz CT molecular complexity index is 500. The lowest BCUT2D eigenvalue weighted by Crippen LogP contribution is -2.21. The zero-order valence-electron chi connectivity index (χ0n) is 10.3. The summed E-state index contributed by atoms with van der Waals surface area (Å²) in [6, 6.07) is 7.79. The van der Waals surface area contributed by atoms with Crippen LogP contribution >= 0.6 is 0 Å². The fraction of sp³-hybridized carbons (Fsp3) is 0.429. The van der Waals surface area contributed by atoms with E-state index in [4.69, 9.17) is 10.2 Å². The molecule has 1 aromatic carbocycles. The molecule has 0 amide bonds. The second kappa shape index (κ2) is 4.90. The van der Waals surface area contributed by atoms with Crippen LogP contribution < -0.4 is 5.73 Å². The standard InChI is InChI=1S/C14H19NO2/c1-3-10(8-15)14(16)13-9(2)17-12-7-5-4-6-11(12)13/h4-7,10,14,16H,3,8,15H2,1-2H3. The van der Waals surface area contributed by atoms with Crippen LogP contribution in [0.5, 0.6) is 0 Å². The number of aliphatic hydroxyl groups excluding tert-OH is 1. The fourth-order valence-electron chi connectivity index (χ4n) is 2.31. The van der Waals surface area contributed by atoms with E-state index in [-0.39, 0.29) is 5.92 Å². The van der Waals surface area contributed by atoms with Gasteiger partial charge in [-0.25, -0.2) is 0 Å². The molecule has 0 aliphatic heterocycles. The molecule has 0 saturated carbocycles. The number of aliphatic hydroxyl groups is 1. The third-order valence-corrected chi connectivity index (χ3v) is 3.39. The van der Waals surface area contributed by atoms with Gasteiger partial charge in [-0.2, -0.15) is 0 Å². The predicted octanol–water partition coefficient (Wildman–Crippen LogP) is 2.76. The van der Waals surface area contributed by atoms with Crippen LogP contribution in [0.3, 0.4) is 0 Å². The minimum atomic E-state index is -0.548. The lowest BCUT2D eigenvalue weighted by atomic mass is 9.92. The molecule has 3 N–H and O–H groups in total. The van der Waals surface area contributed by atoms with E-state index in [0.29, 0.717) is 6.54 Å². The number of hydrogen-bond donors (Lipinski definition) is 2. The zero-order valence-corrected chi connectivity index (χ0v) is 10.3. The monoisotopic (exact) mass is 233 g/mol. The minimum absolute atomic E-state index is 0.0784. The second-order valence-electron chi connectivity index (χ2n) is 4.42. The number of nitrogens with two attached hydrogens (primary N) is 1. The molecule has 0 fully saturated rings. The molecular formula is C14H19NO2. The van der Waals surface area contributed by atoms with Crippen molar-refractivity contribution >= 4 is 11.0 Å². The molecule has 2 unspecified atom stereocenters. The molecule has 17 heavy (non-hydrogen) atoms. The van der Waals surface area contributed by atoms with E-state index >= 15 is 0 Å². The minimum Gasteiger partial charge on any atom is -0.461 e. The van der Waals surface area contributed by atoms with Crippen LogP contribution in [-0.2, 0) is 0 Å². The van der Waals surface area contributed by atoms with E-state index < -0.39 is 6.10 Å². The van der Waals surface area contributed by atoms with Crippen molar-refractivity contribution < 1.29 is 9.52 Å². The van der Waals surface area contributed by atoms with Crippen molar-refractivity contribution in [3.63, 3.8) is 0 Å². The highest BCUT2D eigenvalue weighted by atomic mass is 16.3. The highest BCUT2D eigenvalue weighted by Gasteiger charge is 2.24. The summed E-state index contributed by atoms with van der Waals surface area (Å²) in [6.07, 6.45) is 0.310. The van der Waals surface area contributed by atoms with E-state index in [1.165, 1.54) is 0 Å². The Hall–Kier alpha value is -1.32. The average molecular weight is 233 g/mol. The van der Waals surface area contributed by atoms with Crippen molar-refractivity contribution in [3.8, 4) is 0 Å². The molecule has 0 spiro atoms. The van der Waals surface area contributed by atoms with E-state index in [1.807, 2.05) is 38.1 Å². The summed E-state index contributed by atoms with van der Waals surface area (Å²) < 4.78 is 5.66. The number of aryl methyl sites for hydroxylation is 1. The van der Waals surface area contributed by atoms with Gasteiger partial charge in [-0.1, -0.05) is 25.1 Å². The van der Waals surface area contributed by atoms with Gasteiger partial charge < -0.3 is 15.3 Å². The van der Waals surface area contributed by atoms with Gasteiger partial charge >= 0.3 is 0 Å². The maximum atomic E-state index is 10.4. The molecule has 0 saturated heterocycles. The van der Waals surface area contributed by atoms with Crippen LogP contribution in [-0.4, -0.2) is 11.7 Å². The first kappa shape index (κ1) is 12.1. The topological polar surface area (TPSA) is 59.4 Å². The first-order valence-electron chi connectivity index (χ1n) is 6.05. The molecule has 1 heterocycles. The van der Waals surface area contributed by atoms with Crippen molar-refractivity contribution in [2.24, 2.45) is 11.7 Å². The summed E-state index contributed by atoms with van der Waals surface area (Å²) in [6.45, 7) is 4.41. The smallest absolute Gasteiger partial charge is 0.134 e. The number of hydrogen-bond acceptors (Lipinski definition) is 3. The SMILES string of the molecule is CCC(CN)C(O)c1c(C)oc2ccccc12. The Labute approximate surface area is 101 Å². The first-order chi connectivity index (χ1) is 8.19. The largest absolute Gasteiger partial charge is 0.461 e. The highest BCUT2D eigenvalue weighted by Crippen LogP contribution is 2.34. The van der Waals surface area contributed by atoms with E-state index in [9.17, 15) is 5.11 Å². The highest BCUT2D eigenvalue weighted by molar-refractivity contribution is 5.82. The van der Waals surface area contributed by atoms with Gasteiger partial charge in [0.1, 0.15) is 11.3 Å². The second-order valence-corrected chi connectivity index (χ2v) is 4.42. The van der Waals surface area contributed by atoms with Crippen molar-refractivity contribution in [3.05, 3.63) is 35.6 Å². The zero-order chi connectivity index (χ0) is 12.4. The Kier molecular flexibility index (Phi) is 3.50. The van der Waals surface area contributed by atoms with Gasteiger partial charge in [0.15, 0.2) is 0 Å². The van der Waals surface area contributed by atoms with Crippen molar-refractivity contribution in [1.82, 2.24) is 0 Å².